The van der Waals surface area contributed by atoms with E-state index >= 15 is 0 Å². The van der Waals surface area contributed by atoms with E-state index in [1.807, 2.05) is 12.2 Å². The zero-order valence-corrected chi connectivity index (χ0v) is 13.4. The van der Waals surface area contributed by atoms with Gasteiger partial charge in [0, 0.05) is 12.1 Å². The topological polar surface area (TPSA) is 116 Å². The van der Waals surface area contributed by atoms with Crippen molar-refractivity contribution in [3.63, 3.8) is 0 Å². The summed E-state index contributed by atoms with van der Waals surface area (Å²) in [5, 5.41) is 11.1. The molecule has 4 atom stereocenters. The molecule has 1 saturated carbocycles. The smallest absolute Gasteiger partial charge is 0.428 e. The van der Waals surface area contributed by atoms with Crippen LogP contribution in [0.3, 0.4) is 0 Å². The molecule has 0 aromatic heterocycles. The van der Waals surface area contributed by atoms with Gasteiger partial charge in [-0.05, 0) is 36.0 Å². The van der Waals surface area contributed by atoms with Gasteiger partial charge in [0.25, 0.3) is 17.5 Å². The molecular weight excluding hydrogens is 344 g/mol. The van der Waals surface area contributed by atoms with Crippen molar-refractivity contribution in [2.24, 2.45) is 23.7 Å². The highest BCUT2D eigenvalue weighted by molar-refractivity contribution is 6.05. The number of nitrogens with zero attached hydrogens (tertiary/aromatic N) is 2. The van der Waals surface area contributed by atoms with E-state index < -0.39 is 34.7 Å². The number of fused-ring (bicyclic) bond motifs is 5. The van der Waals surface area contributed by atoms with E-state index in [-0.39, 0.29) is 24.1 Å². The maximum absolute atomic E-state index is 12.4. The number of hydroxylamine groups is 2. The molecule has 3 aliphatic rings. The second-order valence-corrected chi connectivity index (χ2v) is 6.52. The highest BCUT2D eigenvalue weighted by Gasteiger charge is 2.61. The van der Waals surface area contributed by atoms with Gasteiger partial charge in [-0.2, -0.15) is 0 Å². The van der Waals surface area contributed by atoms with Crippen LogP contribution >= 0.6 is 0 Å². The molecule has 2 fully saturated rings. The normalized spacial score (nSPS) is 28.4. The third kappa shape index (κ3) is 2.52. The third-order valence-electron chi connectivity index (χ3n) is 5.10. The Bertz CT molecular complexity index is 802. The molecule has 0 N–H and O–H groups in total. The van der Waals surface area contributed by atoms with Crippen molar-refractivity contribution in [2.75, 3.05) is 0 Å². The van der Waals surface area contributed by atoms with Gasteiger partial charge in [0.05, 0.1) is 16.8 Å². The highest BCUT2D eigenvalue weighted by Crippen LogP contribution is 2.52. The van der Waals surface area contributed by atoms with Crippen molar-refractivity contribution >= 4 is 23.7 Å². The number of ether oxygens (including phenoxy) is 1. The van der Waals surface area contributed by atoms with Gasteiger partial charge < -0.3 is 4.74 Å². The lowest BCUT2D eigenvalue weighted by molar-refractivity contribution is -0.384. The predicted molar refractivity (Wildman–Crippen MR) is 83.9 cm³/mol. The fourth-order valence-electron chi connectivity index (χ4n) is 3.92. The second-order valence-electron chi connectivity index (χ2n) is 6.52. The van der Waals surface area contributed by atoms with Gasteiger partial charge in [-0.1, -0.05) is 17.2 Å². The minimum atomic E-state index is -1.18. The highest BCUT2D eigenvalue weighted by atomic mass is 16.8. The van der Waals surface area contributed by atoms with Crippen molar-refractivity contribution < 1.29 is 28.9 Å². The zero-order chi connectivity index (χ0) is 18.4. The van der Waals surface area contributed by atoms with Crippen LogP contribution < -0.4 is 0 Å². The summed E-state index contributed by atoms with van der Waals surface area (Å²) in [4.78, 5) is 51.4. The summed E-state index contributed by atoms with van der Waals surface area (Å²) in [7, 11) is 0. The Labute approximate surface area is 147 Å². The lowest BCUT2D eigenvalue weighted by atomic mass is 9.85. The molecule has 2 amide bonds. The molecule has 4 rings (SSSR count). The van der Waals surface area contributed by atoms with E-state index in [2.05, 4.69) is 0 Å². The average Bonchev–Trinajstić information content (AvgIpc) is 3.30. The van der Waals surface area contributed by atoms with Crippen LogP contribution in [0.15, 0.2) is 36.4 Å². The Morgan fingerprint density at radius 3 is 2.23 bits per heavy atom. The lowest BCUT2D eigenvalue weighted by Crippen LogP contribution is -2.35. The zero-order valence-electron chi connectivity index (χ0n) is 13.4. The van der Waals surface area contributed by atoms with E-state index in [0.717, 1.165) is 6.42 Å². The van der Waals surface area contributed by atoms with Gasteiger partial charge in [0.1, 0.15) is 6.61 Å². The summed E-state index contributed by atoms with van der Waals surface area (Å²) < 4.78 is 4.89. The van der Waals surface area contributed by atoms with Crippen molar-refractivity contribution in [1.29, 1.82) is 0 Å². The van der Waals surface area contributed by atoms with Gasteiger partial charge in [-0.3, -0.25) is 24.5 Å². The number of carbonyl (C=O) groups is 3. The number of nitro benzene ring substituents is 1. The molecule has 134 valence electrons. The molecule has 0 spiro atoms. The van der Waals surface area contributed by atoms with Crippen LogP contribution in [0.1, 0.15) is 12.0 Å². The summed E-state index contributed by atoms with van der Waals surface area (Å²) in [6.07, 6.45) is 3.48. The molecule has 9 heteroatoms. The van der Waals surface area contributed by atoms with E-state index in [9.17, 15) is 24.5 Å². The minimum Gasteiger partial charge on any atom is -0.428 e. The second kappa shape index (κ2) is 5.94. The van der Waals surface area contributed by atoms with Gasteiger partial charge >= 0.3 is 6.16 Å². The van der Waals surface area contributed by atoms with Crippen LogP contribution in [0.2, 0.25) is 0 Å². The molecule has 2 bridgehead atoms. The van der Waals surface area contributed by atoms with Crippen molar-refractivity contribution in [1.82, 2.24) is 5.06 Å². The molecule has 1 aliphatic heterocycles. The van der Waals surface area contributed by atoms with E-state index in [4.69, 9.17) is 9.57 Å². The molecular formula is C17H14N2O7. The largest absolute Gasteiger partial charge is 0.534 e. The Balaban J connectivity index is 1.35. The average molecular weight is 358 g/mol. The number of imide groups is 1. The fraction of sp³-hybridized carbons (Fsp3) is 0.353. The molecule has 1 saturated heterocycles. The first-order valence-electron chi connectivity index (χ1n) is 8.10. The van der Waals surface area contributed by atoms with Crippen molar-refractivity contribution in [3.05, 3.63) is 52.1 Å². The monoisotopic (exact) mass is 358 g/mol. The minimum absolute atomic E-state index is 0.0196. The number of amides is 2. The van der Waals surface area contributed by atoms with Crippen molar-refractivity contribution in [3.8, 4) is 0 Å². The maximum atomic E-state index is 12.4. The molecule has 1 heterocycles. The molecule has 0 radical (unpaired) electrons. The summed E-state index contributed by atoms with van der Waals surface area (Å²) >= 11 is 0. The molecule has 0 unspecified atom stereocenters. The quantitative estimate of drug-likeness (QED) is 0.265. The van der Waals surface area contributed by atoms with Crippen LogP contribution in [0.4, 0.5) is 10.5 Å². The number of rotatable bonds is 4. The number of nitro groups is 1. The van der Waals surface area contributed by atoms with Gasteiger partial charge in [-0.25, -0.2) is 4.79 Å². The van der Waals surface area contributed by atoms with Crippen molar-refractivity contribution in [2.45, 2.75) is 13.0 Å². The summed E-state index contributed by atoms with van der Waals surface area (Å²) in [5.74, 6) is -1.90. The van der Waals surface area contributed by atoms with Gasteiger partial charge in [0.15, 0.2) is 0 Å². The molecule has 26 heavy (non-hydrogen) atoms. The maximum Gasteiger partial charge on any atom is 0.534 e. The molecule has 1 aromatic carbocycles. The Morgan fingerprint density at radius 2 is 1.69 bits per heavy atom. The predicted octanol–water partition coefficient (Wildman–Crippen LogP) is 1.97. The van der Waals surface area contributed by atoms with E-state index in [0.29, 0.717) is 10.6 Å². The number of carbonyl (C=O) groups excluding carboxylic acids is 3. The summed E-state index contributed by atoms with van der Waals surface area (Å²) in [6, 6.07) is 5.43. The summed E-state index contributed by atoms with van der Waals surface area (Å²) in [6.45, 7) is -0.202. The molecule has 1 aromatic rings. The van der Waals surface area contributed by atoms with E-state index in [1.165, 1.54) is 24.3 Å². The summed E-state index contributed by atoms with van der Waals surface area (Å²) in [5.41, 5.74) is 0.421. The number of hydrogen-bond donors (Lipinski definition) is 0. The standard InChI is InChI=1S/C17H14N2O7/c20-15-13-10-3-4-11(7-10)14(13)16(21)18(15)26-17(22)25-8-9-1-5-12(6-2-9)19(23)24/h1-6,10-11,13-14H,7-8H2/t10-,11-,13+,14+/m0/s1. The lowest BCUT2D eigenvalue weighted by Gasteiger charge is -2.15. The number of non-ortho nitro benzene ring substituents is 1. The fourth-order valence-corrected chi connectivity index (χ4v) is 3.92. The first kappa shape index (κ1) is 16.2. The first-order chi connectivity index (χ1) is 12.5. The van der Waals surface area contributed by atoms with Crippen LogP contribution in [0.5, 0.6) is 0 Å². The molecule has 9 nitrogen and oxygen atoms in total. The van der Waals surface area contributed by atoms with Crippen LogP contribution in [0.25, 0.3) is 0 Å². The SMILES string of the molecule is O=C(OCc1ccc([N+](=O)[O-])cc1)ON1C(=O)[C@H]2[C@H](C1=O)[C@H]1C=C[C@H]2C1. The van der Waals surface area contributed by atoms with Crippen LogP contribution in [0, 0.1) is 33.8 Å². The Morgan fingerprint density at radius 1 is 1.12 bits per heavy atom. The number of hydrogen-bond acceptors (Lipinski definition) is 7. The first-order valence-corrected chi connectivity index (χ1v) is 8.10. The Kier molecular flexibility index (Phi) is 3.71. The molecule has 2 aliphatic carbocycles. The van der Waals surface area contributed by atoms with Gasteiger partial charge in [-0.15, -0.1) is 0 Å². The number of benzene rings is 1. The third-order valence-corrected chi connectivity index (χ3v) is 5.10. The van der Waals surface area contributed by atoms with Crippen LogP contribution in [-0.4, -0.2) is 28.0 Å². The van der Waals surface area contributed by atoms with Gasteiger partial charge in [0.2, 0.25) is 0 Å². The van der Waals surface area contributed by atoms with Crippen LogP contribution in [-0.2, 0) is 25.8 Å². The Hall–Kier alpha value is -3.23. The van der Waals surface area contributed by atoms with E-state index in [1.54, 1.807) is 0 Å². The number of allylic oxidation sites excluding steroid dienone is 2.